The van der Waals surface area contributed by atoms with Crippen LogP contribution >= 0.6 is 0 Å². The highest BCUT2D eigenvalue weighted by atomic mass is 14.2. The second-order valence-electron chi connectivity index (χ2n) is 6.72. The molecule has 0 amide bonds. The van der Waals surface area contributed by atoms with E-state index in [0.717, 1.165) is 10.8 Å². The molecule has 0 saturated heterocycles. The molecule has 1 heteroatoms. The molecule has 0 unspecified atom stereocenters. The normalized spacial score (nSPS) is 11.4. The average Bonchev–Trinajstić information content (AvgIpc) is 2.53. The number of hydrogen-bond donors (Lipinski definition) is 0. The van der Waals surface area contributed by atoms with E-state index in [1.54, 1.807) is 0 Å². The van der Waals surface area contributed by atoms with Gasteiger partial charge in [-0.2, -0.15) is 5.26 Å². The van der Waals surface area contributed by atoms with Gasteiger partial charge in [0, 0.05) is 0 Å². The predicted octanol–water partition coefficient (Wildman–Crippen LogP) is 5.68. The lowest BCUT2D eigenvalue weighted by Gasteiger charge is -2.19. The first-order chi connectivity index (χ1) is 10.5. The van der Waals surface area contributed by atoms with Crippen LogP contribution in [-0.4, -0.2) is 0 Å². The van der Waals surface area contributed by atoms with E-state index in [1.807, 2.05) is 18.2 Å². The van der Waals surface area contributed by atoms with Gasteiger partial charge in [-0.25, -0.2) is 0 Å². The van der Waals surface area contributed by atoms with Gasteiger partial charge in [-0.05, 0) is 51.1 Å². The lowest BCUT2D eigenvalue weighted by atomic mass is 9.86. The van der Waals surface area contributed by atoms with Crippen LogP contribution in [-0.2, 0) is 5.41 Å². The molecule has 0 fully saturated rings. The Morgan fingerprint density at radius 3 is 1.95 bits per heavy atom. The van der Waals surface area contributed by atoms with Crippen LogP contribution in [0.3, 0.4) is 0 Å². The summed E-state index contributed by atoms with van der Waals surface area (Å²) in [5.41, 5.74) is 4.65. The van der Waals surface area contributed by atoms with Gasteiger partial charge in [0.1, 0.15) is 0 Å². The van der Waals surface area contributed by atoms with E-state index >= 15 is 0 Å². The van der Waals surface area contributed by atoms with Crippen LogP contribution in [0.1, 0.15) is 31.9 Å². The quantitative estimate of drug-likeness (QED) is 0.564. The Morgan fingerprint density at radius 1 is 0.727 bits per heavy atom. The molecule has 108 valence electrons. The van der Waals surface area contributed by atoms with Crippen LogP contribution in [0.15, 0.2) is 60.7 Å². The summed E-state index contributed by atoms with van der Waals surface area (Å²) in [5, 5.41) is 11.2. The van der Waals surface area contributed by atoms with Gasteiger partial charge in [0.25, 0.3) is 0 Å². The van der Waals surface area contributed by atoms with Crippen molar-refractivity contribution in [3.8, 4) is 17.2 Å². The van der Waals surface area contributed by atoms with Crippen molar-refractivity contribution in [1.29, 1.82) is 5.26 Å². The zero-order valence-corrected chi connectivity index (χ0v) is 13.2. The summed E-state index contributed by atoms with van der Waals surface area (Å²) in [7, 11) is 0. The molecule has 0 saturated carbocycles. The summed E-state index contributed by atoms with van der Waals surface area (Å²) in [5.74, 6) is 0. The first-order valence-corrected chi connectivity index (χ1v) is 7.52. The van der Waals surface area contributed by atoms with Crippen LogP contribution < -0.4 is 0 Å². The number of hydrogen-bond acceptors (Lipinski definition) is 1. The molecule has 0 aliphatic rings. The van der Waals surface area contributed by atoms with Gasteiger partial charge in [-0.3, -0.25) is 0 Å². The van der Waals surface area contributed by atoms with Gasteiger partial charge in [0.2, 0.25) is 0 Å². The Kier molecular flexibility index (Phi) is 3.47. The SMILES string of the molecule is CC(C)(C)c1ccc(-c2ccc3cc(C#N)ccc3c2)cc1. The Morgan fingerprint density at radius 2 is 1.32 bits per heavy atom. The van der Waals surface area contributed by atoms with E-state index in [0.29, 0.717) is 5.56 Å². The topological polar surface area (TPSA) is 23.8 Å². The zero-order valence-electron chi connectivity index (χ0n) is 13.2. The number of rotatable bonds is 1. The number of fused-ring (bicyclic) bond motifs is 1. The van der Waals surface area contributed by atoms with Gasteiger partial charge in [-0.15, -0.1) is 0 Å². The van der Waals surface area contributed by atoms with Crippen molar-refractivity contribution in [2.75, 3.05) is 0 Å². The second kappa shape index (κ2) is 5.31. The third-order valence-corrected chi connectivity index (χ3v) is 4.05. The molecule has 0 aliphatic heterocycles. The predicted molar refractivity (Wildman–Crippen MR) is 92.8 cm³/mol. The second-order valence-corrected chi connectivity index (χ2v) is 6.72. The Balaban J connectivity index is 2.02. The molecule has 0 N–H and O–H groups in total. The van der Waals surface area contributed by atoms with Gasteiger partial charge in [0.05, 0.1) is 11.6 Å². The van der Waals surface area contributed by atoms with Gasteiger partial charge in [0.15, 0.2) is 0 Å². The fourth-order valence-corrected chi connectivity index (χ4v) is 2.66. The van der Waals surface area contributed by atoms with E-state index < -0.39 is 0 Å². The third-order valence-electron chi connectivity index (χ3n) is 4.05. The van der Waals surface area contributed by atoms with Crippen LogP contribution in [0.5, 0.6) is 0 Å². The maximum atomic E-state index is 8.97. The standard InChI is InChI=1S/C21H19N/c1-21(2,3)20-10-8-16(9-11-20)18-7-6-17-12-15(14-22)4-5-19(17)13-18/h4-13H,1-3H3. The summed E-state index contributed by atoms with van der Waals surface area (Å²) in [6.07, 6.45) is 0. The fourth-order valence-electron chi connectivity index (χ4n) is 2.66. The van der Waals surface area contributed by atoms with E-state index in [1.165, 1.54) is 16.7 Å². The summed E-state index contributed by atoms with van der Waals surface area (Å²) in [6.45, 7) is 6.68. The van der Waals surface area contributed by atoms with E-state index in [4.69, 9.17) is 5.26 Å². The molecule has 22 heavy (non-hydrogen) atoms. The van der Waals surface area contributed by atoms with Crippen LogP contribution in [0.25, 0.3) is 21.9 Å². The molecule has 1 nitrogen and oxygen atoms in total. The molecular weight excluding hydrogens is 266 g/mol. The third kappa shape index (κ3) is 2.73. The number of benzene rings is 3. The van der Waals surface area contributed by atoms with Crippen molar-refractivity contribution in [3.63, 3.8) is 0 Å². The Labute approximate surface area is 131 Å². The summed E-state index contributed by atoms with van der Waals surface area (Å²) < 4.78 is 0. The van der Waals surface area contributed by atoms with Crippen molar-refractivity contribution >= 4 is 10.8 Å². The molecule has 0 aliphatic carbocycles. The zero-order chi connectivity index (χ0) is 15.7. The fraction of sp³-hybridized carbons (Fsp3) is 0.190. The molecule has 0 atom stereocenters. The van der Waals surface area contributed by atoms with E-state index in [2.05, 4.69) is 69.3 Å². The molecule has 3 aromatic carbocycles. The Bertz CT molecular complexity index is 859. The van der Waals surface area contributed by atoms with Crippen LogP contribution in [0.2, 0.25) is 0 Å². The van der Waals surface area contributed by atoms with Gasteiger partial charge in [-0.1, -0.05) is 63.2 Å². The van der Waals surface area contributed by atoms with Crippen molar-refractivity contribution in [1.82, 2.24) is 0 Å². The molecule has 0 spiro atoms. The van der Waals surface area contributed by atoms with Crippen molar-refractivity contribution in [2.24, 2.45) is 0 Å². The Hall–Kier alpha value is -2.59. The molecular formula is C21H19N. The van der Waals surface area contributed by atoms with Gasteiger partial charge >= 0.3 is 0 Å². The molecule has 0 radical (unpaired) electrons. The van der Waals surface area contributed by atoms with Gasteiger partial charge < -0.3 is 0 Å². The smallest absolute Gasteiger partial charge is 0.0991 e. The maximum Gasteiger partial charge on any atom is 0.0991 e. The van der Waals surface area contributed by atoms with Crippen LogP contribution in [0, 0.1) is 11.3 Å². The first kappa shape index (κ1) is 14.4. The highest BCUT2D eigenvalue weighted by Crippen LogP contribution is 2.28. The van der Waals surface area contributed by atoms with Crippen molar-refractivity contribution in [2.45, 2.75) is 26.2 Å². The number of nitrogens with zero attached hydrogens (tertiary/aromatic N) is 1. The average molecular weight is 285 g/mol. The molecule has 3 rings (SSSR count). The van der Waals surface area contributed by atoms with E-state index in [9.17, 15) is 0 Å². The monoisotopic (exact) mass is 285 g/mol. The van der Waals surface area contributed by atoms with Crippen LogP contribution in [0.4, 0.5) is 0 Å². The van der Waals surface area contributed by atoms with Crippen molar-refractivity contribution in [3.05, 3.63) is 71.8 Å². The highest BCUT2D eigenvalue weighted by Gasteiger charge is 2.13. The van der Waals surface area contributed by atoms with Crippen molar-refractivity contribution < 1.29 is 0 Å². The molecule has 0 aromatic heterocycles. The lowest BCUT2D eigenvalue weighted by molar-refractivity contribution is 0.590. The number of nitriles is 1. The largest absolute Gasteiger partial charge is 0.192 e. The molecule has 0 bridgehead atoms. The summed E-state index contributed by atoms with van der Waals surface area (Å²) in [6, 6.07) is 23.2. The van der Waals surface area contributed by atoms with E-state index in [-0.39, 0.29) is 5.41 Å². The first-order valence-electron chi connectivity index (χ1n) is 7.52. The maximum absolute atomic E-state index is 8.97. The summed E-state index contributed by atoms with van der Waals surface area (Å²) >= 11 is 0. The minimum atomic E-state index is 0.176. The minimum Gasteiger partial charge on any atom is -0.192 e. The molecule has 3 aromatic rings. The minimum absolute atomic E-state index is 0.176. The highest BCUT2D eigenvalue weighted by molar-refractivity contribution is 5.88. The molecule has 0 heterocycles. The summed E-state index contributed by atoms with van der Waals surface area (Å²) in [4.78, 5) is 0. The lowest BCUT2D eigenvalue weighted by Crippen LogP contribution is -2.10.